The molecule has 1 heterocycles. The lowest BCUT2D eigenvalue weighted by molar-refractivity contribution is 0.102. The highest BCUT2D eigenvalue weighted by Crippen LogP contribution is 2.32. The molecule has 0 aliphatic heterocycles. The number of halogens is 1. The molecule has 1 amide bonds. The van der Waals surface area contributed by atoms with Crippen molar-refractivity contribution in [2.24, 2.45) is 0 Å². The van der Waals surface area contributed by atoms with E-state index in [9.17, 15) is 4.79 Å². The summed E-state index contributed by atoms with van der Waals surface area (Å²) < 4.78 is 5.96. The van der Waals surface area contributed by atoms with E-state index in [1.165, 1.54) is 5.56 Å². The third-order valence-corrected chi connectivity index (χ3v) is 5.66. The van der Waals surface area contributed by atoms with Crippen LogP contribution in [0.3, 0.4) is 0 Å². The van der Waals surface area contributed by atoms with Crippen molar-refractivity contribution in [1.82, 2.24) is 4.98 Å². The number of nitrogens with zero attached hydrogens (tertiary/aromatic N) is 1. The average molecular weight is 419 g/mol. The molecule has 0 aliphatic rings. The fourth-order valence-electron chi connectivity index (χ4n) is 3.35. The van der Waals surface area contributed by atoms with Gasteiger partial charge in [0.15, 0.2) is 5.58 Å². The Morgan fingerprint density at radius 1 is 1.13 bits per heavy atom. The van der Waals surface area contributed by atoms with Gasteiger partial charge in [-0.15, -0.1) is 0 Å². The van der Waals surface area contributed by atoms with E-state index in [1.807, 2.05) is 37.3 Å². The van der Waals surface area contributed by atoms with Crippen LogP contribution < -0.4 is 5.32 Å². The van der Waals surface area contributed by atoms with Gasteiger partial charge in [0, 0.05) is 11.1 Å². The number of hydrogen-bond acceptors (Lipinski definition) is 3. The van der Waals surface area contributed by atoms with Crippen LogP contribution in [-0.2, 0) is 0 Å². The summed E-state index contributed by atoms with van der Waals surface area (Å²) >= 11 is 6.33. The Morgan fingerprint density at radius 3 is 2.73 bits per heavy atom. The Balaban J connectivity index is 1.65. The lowest BCUT2D eigenvalue weighted by Gasteiger charge is -2.09. The van der Waals surface area contributed by atoms with Crippen molar-refractivity contribution in [1.29, 1.82) is 0 Å². The van der Waals surface area contributed by atoms with E-state index in [1.54, 1.807) is 18.2 Å². The maximum atomic E-state index is 12.6. The molecule has 152 valence electrons. The molecule has 0 spiro atoms. The van der Waals surface area contributed by atoms with Crippen LogP contribution in [0.5, 0.6) is 0 Å². The van der Waals surface area contributed by atoms with E-state index in [4.69, 9.17) is 16.0 Å². The molecule has 0 radical (unpaired) electrons. The Morgan fingerprint density at radius 2 is 1.97 bits per heavy atom. The van der Waals surface area contributed by atoms with Gasteiger partial charge in [-0.05, 0) is 67.3 Å². The molecule has 0 aliphatic carbocycles. The second kappa shape index (κ2) is 8.33. The van der Waals surface area contributed by atoms with Gasteiger partial charge in [0.05, 0.1) is 10.7 Å². The first-order valence-corrected chi connectivity index (χ1v) is 10.4. The van der Waals surface area contributed by atoms with E-state index in [2.05, 4.69) is 36.3 Å². The van der Waals surface area contributed by atoms with Crippen LogP contribution in [0, 0.1) is 6.92 Å². The molecule has 0 unspecified atom stereocenters. The molecule has 1 N–H and O–H groups in total. The first kappa shape index (κ1) is 20.2. The van der Waals surface area contributed by atoms with Crippen molar-refractivity contribution in [3.63, 3.8) is 0 Å². The minimum absolute atomic E-state index is 0.214. The fourth-order valence-corrected chi connectivity index (χ4v) is 3.51. The maximum absolute atomic E-state index is 12.6. The summed E-state index contributed by atoms with van der Waals surface area (Å²) in [4.78, 5) is 17.3. The lowest BCUT2D eigenvalue weighted by Crippen LogP contribution is -2.12. The molecule has 0 bridgehead atoms. The molecule has 0 saturated carbocycles. The van der Waals surface area contributed by atoms with Crippen LogP contribution >= 0.6 is 11.6 Å². The summed E-state index contributed by atoms with van der Waals surface area (Å²) in [6.45, 7) is 6.32. The summed E-state index contributed by atoms with van der Waals surface area (Å²) in [5, 5.41) is 3.34. The van der Waals surface area contributed by atoms with Gasteiger partial charge in [0.25, 0.3) is 5.91 Å². The number of carbonyl (C=O) groups excluding carboxylic acids is 1. The smallest absolute Gasteiger partial charge is 0.255 e. The number of carbonyl (C=O) groups is 1. The lowest BCUT2D eigenvalue weighted by atomic mass is 9.98. The first-order valence-electron chi connectivity index (χ1n) is 10.0. The zero-order valence-electron chi connectivity index (χ0n) is 17.2. The fraction of sp³-hybridized carbons (Fsp3) is 0.200. The molecule has 0 saturated heterocycles. The van der Waals surface area contributed by atoms with Gasteiger partial charge in [-0.1, -0.05) is 49.2 Å². The highest BCUT2D eigenvalue weighted by molar-refractivity contribution is 6.34. The quantitative estimate of drug-likeness (QED) is 0.372. The van der Waals surface area contributed by atoms with E-state index in [-0.39, 0.29) is 5.91 Å². The second-order valence-electron chi connectivity index (χ2n) is 7.57. The number of fused-ring (bicyclic) bond motifs is 1. The number of oxazole rings is 1. The Bertz CT molecular complexity index is 1230. The van der Waals surface area contributed by atoms with Crippen molar-refractivity contribution < 1.29 is 9.21 Å². The van der Waals surface area contributed by atoms with E-state index < -0.39 is 0 Å². The van der Waals surface area contributed by atoms with E-state index in [0.717, 1.165) is 28.6 Å². The molecule has 3 aromatic carbocycles. The standard InChI is InChI=1S/C25H23ClN2O2/c1-4-16(3)17-9-11-23-22(13-17)28-25(30-23)19-8-10-20(26)21(14-19)27-24(29)18-7-5-6-15(2)12-18/h5-14,16H,4H2,1-3H3,(H,27,29)/t16-/m1/s1. The number of aromatic nitrogens is 1. The van der Waals surface area contributed by atoms with Crippen LogP contribution in [0.1, 0.15) is 47.7 Å². The van der Waals surface area contributed by atoms with Crippen molar-refractivity contribution in [2.45, 2.75) is 33.1 Å². The van der Waals surface area contributed by atoms with Crippen molar-refractivity contribution in [3.8, 4) is 11.5 Å². The molecular formula is C25H23ClN2O2. The Kier molecular flexibility index (Phi) is 5.60. The van der Waals surface area contributed by atoms with Crippen molar-refractivity contribution >= 4 is 34.3 Å². The molecule has 5 heteroatoms. The molecule has 30 heavy (non-hydrogen) atoms. The zero-order valence-corrected chi connectivity index (χ0v) is 18.0. The topological polar surface area (TPSA) is 55.1 Å². The predicted molar refractivity (Wildman–Crippen MR) is 122 cm³/mol. The molecular weight excluding hydrogens is 396 g/mol. The minimum atomic E-state index is -0.214. The number of amides is 1. The number of benzene rings is 3. The monoisotopic (exact) mass is 418 g/mol. The first-order chi connectivity index (χ1) is 14.4. The molecule has 4 aromatic rings. The third kappa shape index (κ3) is 4.10. The Labute approximate surface area is 180 Å². The van der Waals surface area contributed by atoms with Crippen molar-refractivity contribution in [2.75, 3.05) is 5.32 Å². The summed E-state index contributed by atoms with van der Waals surface area (Å²) in [5.41, 5.74) is 5.66. The van der Waals surface area contributed by atoms with E-state index >= 15 is 0 Å². The predicted octanol–water partition coefficient (Wildman–Crippen LogP) is 7.22. The van der Waals surface area contributed by atoms with Crippen molar-refractivity contribution in [3.05, 3.63) is 82.4 Å². The number of aryl methyl sites for hydroxylation is 1. The number of rotatable bonds is 5. The second-order valence-corrected chi connectivity index (χ2v) is 7.98. The van der Waals surface area contributed by atoms with Gasteiger partial charge in [0.2, 0.25) is 5.89 Å². The maximum Gasteiger partial charge on any atom is 0.255 e. The molecule has 1 aromatic heterocycles. The summed E-state index contributed by atoms with van der Waals surface area (Å²) in [5.74, 6) is 0.746. The highest BCUT2D eigenvalue weighted by Gasteiger charge is 2.14. The van der Waals surface area contributed by atoms with Crippen LogP contribution in [0.2, 0.25) is 5.02 Å². The largest absolute Gasteiger partial charge is 0.436 e. The van der Waals surface area contributed by atoms with Crippen LogP contribution in [0.4, 0.5) is 5.69 Å². The normalized spacial score (nSPS) is 12.1. The summed E-state index contributed by atoms with van der Waals surface area (Å²) in [7, 11) is 0. The molecule has 1 atom stereocenters. The van der Waals surface area contributed by atoms with Gasteiger partial charge in [-0.2, -0.15) is 0 Å². The SMILES string of the molecule is CC[C@@H](C)c1ccc2oc(-c3ccc(Cl)c(NC(=O)c4cccc(C)c4)c3)nc2c1. The van der Waals surface area contributed by atoms with E-state index in [0.29, 0.717) is 28.1 Å². The van der Waals surface area contributed by atoms with Crippen LogP contribution in [0.15, 0.2) is 65.1 Å². The molecule has 4 rings (SSSR count). The summed E-state index contributed by atoms with van der Waals surface area (Å²) in [6.07, 6.45) is 1.07. The van der Waals surface area contributed by atoms with Gasteiger partial charge >= 0.3 is 0 Å². The molecule has 0 fully saturated rings. The highest BCUT2D eigenvalue weighted by atomic mass is 35.5. The molecule has 4 nitrogen and oxygen atoms in total. The van der Waals surface area contributed by atoms with Crippen LogP contribution in [-0.4, -0.2) is 10.9 Å². The zero-order chi connectivity index (χ0) is 21.3. The summed E-state index contributed by atoms with van der Waals surface area (Å²) in [6, 6.07) is 18.9. The van der Waals surface area contributed by atoms with Gasteiger partial charge in [0.1, 0.15) is 5.52 Å². The van der Waals surface area contributed by atoms with Gasteiger partial charge in [-0.25, -0.2) is 4.98 Å². The van der Waals surface area contributed by atoms with Crippen LogP contribution in [0.25, 0.3) is 22.6 Å². The number of nitrogens with one attached hydrogen (secondary N) is 1. The van der Waals surface area contributed by atoms with Gasteiger partial charge < -0.3 is 9.73 Å². The average Bonchev–Trinajstić information content (AvgIpc) is 3.18. The number of anilines is 1. The Hall–Kier alpha value is -3.11. The third-order valence-electron chi connectivity index (χ3n) is 5.33. The van der Waals surface area contributed by atoms with Gasteiger partial charge in [-0.3, -0.25) is 4.79 Å². The number of hydrogen-bond donors (Lipinski definition) is 1. The minimum Gasteiger partial charge on any atom is -0.436 e.